The third kappa shape index (κ3) is 3.71. The van der Waals surface area contributed by atoms with E-state index in [0.717, 1.165) is 66.3 Å². The fourth-order valence-electron chi connectivity index (χ4n) is 4.34. The Kier molecular flexibility index (Phi) is 5.01. The summed E-state index contributed by atoms with van der Waals surface area (Å²) in [5.74, 6) is 1.89. The molecule has 1 aliphatic rings. The topological polar surface area (TPSA) is 54.7 Å². The van der Waals surface area contributed by atoms with Crippen LogP contribution in [0.25, 0.3) is 16.6 Å². The molecule has 154 valence electrons. The molecule has 6 nitrogen and oxygen atoms in total. The maximum atomic E-state index is 5.35. The summed E-state index contributed by atoms with van der Waals surface area (Å²) in [5.41, 5.74) is 4.27. The fourth-order valence-corrected chi connectivity index (χ4v) is 4.34. The average Bonchev–Trinajstić information content (AvgIpc) is 3.16. The molecule has 1 aliphatic heterocycles. The minimum atomic E-state index is 0.425. The first kappa shape index (κ1) is 18.9. The van der Waals surface area contributed by atoms with Gasteiger partial charge in [-0.05, 0) is 49.6 Å². The number of likely N-dealkylation sites (tertiary alicyclic amines) is 1. The number of hydrogen-bond acceptors (Lipinski definition) is 5. The number of fused-ring (bicyclic) bond motifs is 3. The van der Waals surface area contributed by atoms with Crippen LogP contribution in [0.2, 0.25) is 0 Å². The van der Waals surface area contributed by atoms with Gasteiger partial charge in [-0.3, -0.25) is 4.90 Å². The number of aryl methyl sites for hydroxylation is 1. The van der Waals surface area contributed by atoms with Crippen molar-refractivity contribution in [3.63, 3.8) is 0 Å². The minimum absolute atomic E-state index is 0.425. The summed E-state index contributed by atoms with van der Waals surface area (Å²) in [5, 5.41) is 9.45. The molecule has 1 saturated heterocycles. The number of methoxy groups -OCH3 is 1. The zero-order valence-electron chi connectivity index (χ0n) is 17.5. The molecule has 0 unspecified atom stereocenters. The monoisotopic (exact) mass is 401 g/mol. The van der Waals surface area contributed by atoms with Crippen molar-refractivity contribution in [2.45, 2.75) is 32.4 Å². The molecule has 0 atom stereocenters. The first-order valence-electron chi connectivity index (χ1n) is 10.6. The van der Waals surface area contributed by atoms with Crippen LogP contribution in [0.1, 0.15) is 24.1 Å². The van der Waals surface area contributed by atoms with E-state index < -0.39 is 0 Å². The second-order valence-electron chi connectivity index (χ2n) is 8.08. The Morgan fingerprint density at radius 2 is 1.90 bits per heavy atom. The summed E-state index contributed by atoms with van der Waals surface area (Å²) in [6.07, 6.45) is 2.20. The number of aromatic nitrogens is 3. The van der Waals surface area contributed by atoms with E-state index in [1.54, 1.807) is 7.11 Å². The number of anilines is 1. The maximum Gasteiger partial charge on any atom is 0.158 e. The van der Waals surface area contributed by atoms with Crippen LogP contribution in [0.4, 0.5) is 5.82 Å². The lowest BCUT2D eigenvalue weighted by Crippen LogP contribution is -2.38. The molecule has 0 spiro atoms. The summed E-state index contributed by atoms with van der Waals surface area (Å²) >= 11 is 0. The first-order chi connectivity index (χ1) is 14.7. The van der Waals surface area contributed by atoms with Crippen LogP contribution in [0.5, 0.6) is 5.75 Å². The predicted octanol–water partition coefficient (Wildman–Crippen LogP) is 4.28. The van der Waals surface area contributed by atoms with Gasteiger partial charge in [-0.25, -0.2) is 9.50 Å². The van der Waals surface area contributed by atoms with E-state index >= 15 is 0 Å². The molecule has 1 N–H and O–H groups in total. The molecule has 0 aliphatic carbocycles. The Labute approximate surface area is 176 Å². The van der Waals surface area contributed by atoms with Crippen LogP contribution in [-0.2, 0) is 6.54 Å². The second kappa shape index (κ2) is 7.95. The van der Waals surface area contributed by atoms with E-state index in [9.17, 15) is 0 Å². The molecular weight excluding hydrogens is 374 g/mol. The lowest BCUT2D eigenvalue weighted by Gasteiger charge is -2.32. The Morgan fingerprint density at radius 1 is 1.07 bits per heavy atom. The normalized spacial score (nSPS) is 15.7. The van der Waals surface area contributed by atoms with Crippen molar-refractivity contribution in [1.29, 1.82) is 0 Å². The van der Waals surface area contributed by atoms with E-state index in [2.05, 4.69) is 57.8 Å². The highest BCUT2D eigenvalue weighted by Gasteiger charge is 2.21. The summed E-state index contributed by atoms with van der Waals surface area (Å²) in [7, 11) is 1.72. The number of hydrogen-bond donors (Lipinski definition) is 1. The molecule has 6 heteroatoms. The smallest absolute Gasteiger partial charge is 0.158 e. The van der Waals surface area contributed by atoms with Crippen LogP contribution >= 0.6 is 0 Å². The summed E-state index contributed by atoms with van der Waals surface area (Å²) in [6, 6.07) is 19.2. The van der Waals surface area contributed by atoms with Gasteiger partial charge in [0.15, 0.2) is 5.65 Å². The molecule has 1 fully saturated rings. The summed E-state index contributed by atoms with van der Waals surface area (Å²) < 4.78 is 7.29. The Morgan fingerprint density at radius 3 is 2.73 bits per heavy atom. The standard InChI is InChI=1S/C24H27N5O/c1-17-14-23-26-24(21-8-3-4-9-22(21)29(23)27-17)25-19-10-12-28(13-11-19)16-18-6-5-7-20(15-18)30-2/h3-9,14-15,19H,10-13,16H2,1-2H3,(H,25,26). The van der Waals surface area contributed by atoms with Crippen molar-refractivity contribution >= 4 is 22.4 Å². The minimum Gasteiger partial charge on any atom is -0.497 e. The Hall–Kier alpha value is -3.12. The highest BCUT2D eigenvalue weighted by molar-refractivity contribution is 5.91. The fraction of sp³-hybridized carbons (Fsp3) is 0.333. The van der Waals surface area contributed by atoms with Gasteiger partial charge in [0.1, 0.15) is 11.6 Å². The molecule has 2 aromatic heterocycles. The van der Waals surface area contributed by atoms with E-state index in [4.69, 9.17) is 9.72 Å². The highest BCUT2D eigenvalue weighted by atomic mass is 16.5. The Balaban J connectivity index is 1.30. The van der Waals surface area contributed by atoms with Gasteiger partial charge in [-0.2, -0.15) is 5.10 Å². The largest absolute Gasteiger partial charge is 0.497 e. The quantitative estimate of drug-likeness (QED) is 0.541. The predicted molar refractivity (Wildman–Crippen MR) is 120 cm³/mol. The third-order valence-electron chi connectivity index (χ3n) is 5.90. The van der Waals surface area contributed by atoms with Gasteiger partial charge in [-0.15, -0.1) is 0 Å². The van der Waals surface area contributed by atoms with Gasteiger partial charge in [0.25, 0.3) is 0 Å². The SMILES string of the molecule is COc1cccc(CN2CCC(Nc3nc4cc(C)nn4c4ccccc34)CC2)c1. The van der Waals surface area contributed by atoms with Crippen molar-refractivity contribution < 1.29 is 4.74 Å². The van der Waals surface area contributed by atoms with Crippen LogP contribution in [-0.4, -0.2) is 45.7 Å². The van der Waals surface area contributed by atoms with E-state index in [1.165, 1.54) is 5.56 Å². The molecule has 4 aromatic rings. The average molecular weight is 402 g/mol. The Bertz CT molecular complexity index is 1180. The summed E-state index contributed by atoms with van der Waals surface area (Å²) in [4.78, 5) is 7.40. The van der Waals surface area contributed by atoms with Crippen molar-refractivity contribution in [3.05, 3.63) is 65.9 Å². The first-order valence-corrected chi connectivity index (χ1v) is 10.6. The van der Waals surface area contributed by atoms with Gasteiger partial charge in [0.05, 0.1) is 18.3 Å². The van der Waals surface area contributed by atoms with Crippen molar-refractivity contribution in [2.24, 2.45) is 0 Å². The van der Waals surface area contributed by atoms with Crippen LogP contribution in [0.3, 0.4) is 0 Å². The number of para-hydroxylation sites is 1. The van der Waals surface area contributed by atoms with Gasteiger partial charge < -0.3 is 10.1 Å². The van der Waals surface area contributed by atoms with Crippen molar-refractivity contribution in [1.82, 2.24) is 19.5 Å². The van der Waals surface area contributed by atoms with Gasteiger partial charge in [0.2, 0.25) is 0 Å². The zero-order valence-corrected chi connectivity index (χ0v) is 17.5. The third-order valence-corrected chi connectivity index (χ3v) is 5.90. The van der Waals surface area contributed by atoms with Crippen LogP contribution < -0.4 is 10.1 Å². The summed E-state index contributed by atoms with van der Waals surface area (Å²) in [6.45, 7) is 5.11. The van der Waals surface area contributed by atoms with Crippen molar-refractivity contribution in [3.8, 4) is 5.75 Å². The molecule has 30 heavy (non-hydrogen) atoms. The van der Waals surface area contributed by atoms with Gasteiger partial charge >= 0.3 is 0 Å². The van der Waals surface area contributed by atoms with E-state index in [1.807, 2.05) is 23.6 Å². The maximum absolute atomic E-state index is 5.35. The molecule has 2 aromatic carbocycles. The highest BCUT2D eigenvalue weighted by Crippen LogP contribution is 2.26. The number of ether oxygens (including phenoxy) is 1. The lowest BCUT2D eigenvalue weighted by atomic mass is 10.0. The van der Waals surface area contributed by atoms with E-state index in [-0.39, 0.29) is 0 Å². The number of rotatable bonds is 5. The number of nitrogens with one attached hydrogen (secondary N) is 1. The molecule has 0 bridgehead atoms. The molecule has 5 rings (SSSR count). The van der Waals surface area contributed by atoms with Crippen LogP contribution in [0, 0.1) is 6.92 Å². The molecule has 0 radical (unpaired) electrons. The molecule has 0 amide bonds. The zero-order chi connectivity index (χ0) is 20.5. The molecule has 0 saturated carbocycles. The number of benzene rings is 2. The van der Waals surface area contributed by atoms with Gasteiger partial charge in [0, 0.05) is 37.1 Å². The van der Waals surface area contributed by atoms with Crippen molar-refractivity contribution in [2.75, 3.05) is 25.5 Å². The van der Waals surface area contributed by atoms with Gasteiger partial charge in [-0.1, -0.05) is 24.3 Å². The van der Waals surface area contributed by atoms with E-state index in [0.29, 0.717) is 6.04 Å². The molecular formula is C24H27N5O. The van der Waals surface area contributed by atoms with Crippen LogP contribution in [0.15, 0.2) is 54.6 Å². The lowest BCUT2D eigenvalue weighted by molar-refractivity contribution is 0.211. The molecule has 3 heterocycles. The number of piperidine rings is 1. The second-order valence-corrected chi connectivity index (χ2v) is 8.08. The number of nitrogens with zero attached hydrogens (tertiary/aromatic N) is 4.